The van der Waals surface area contributed by atoms with Crippen LogP contribution >= 0.6 is 0 Å². The third-order valence-electron chi connectivity index (χ3n) is 1.64. The Balaban J connectivity index is 2.99. The lowest BCUT2D eigenvalue weighted by Gasteiger charge is -2.08. The summed E-state index contributed by atoms with van der Waals surface area (Å²) in [6.45, 7) is 1.34. The molecular weight excluding hydrogens is 255 g/mol. The quantitative estimate of drug-likeness (QED) is 0.528. The molecule has 0 aromatic carbocycles. The summed E-state index contributed by atoms with van der Waals surface area (Å²) in [5, 5.41) is 0. The minimum Gasteiger partial charge on any atom is -0.378 e. The van der Waals surface area contributed by atoms with E-state index in [1.807, 2.05) is 0 Å². The number of halogens is 3. The van der Waals surface area contributed by atoms with Crippen LogP contribution in [0.25, 0.3) is 0 Å². The van der Waals surface area contributed by atoms with Gasteiger partial charge in [-0.1, -0.05) is 0 Å². The third-order valence-corrected chi connectivity index (χ3v) is 1.64. The maximum atomic E-state index is 11.7. The number of nitrogens with two attached hydrogens (primary N) is 1. The Bertz CT molecular complexity index is 181. The van der Waals surface area contributed by atoms with E-state index < -0.39 is 12.8 Å². The molecule has 0 amide bonds. The normalized spacial score (nSPS) is 12.0. The van der Waals surface area contributed by atoms with Crippen LogP contribution < -0.4 is 5.73 Å². The van der Waals surface area contributed by atoms with Gasteiger partial charge in [-0.15, -0.1) is 0 Å². The van der Waals surface area contributed by atoms with E-state index >= 15 is 0 Å². The van der Waals surface area contributed by atoms with E-state index in [0.717, 1.165) is 0 Å². The summed E-state index contributed by atoms with van der Waals surface area (Å²) in [7, 11) is 0. The number of alkyl halides is 3. The Morgan fingerprint density at radius 3 is 1.44 bits per heavy atom. The fourth-order valence-corrected chi connectivity index (χ4v) is 0.931. The van der Waals surface area contributed by atoms with Gasteiger partial charge in [-0.05, 0) is 0 Å². The molecule has 5 nitrogen and oxygen atoms in total. The van der Waals surface area contributed by atoms with Crippen LogP contribution in [0.1, 0.15) is 0 Å². The van der Waals surface area contributed by atoms with Crippen LogP contribution in [-0.4, -0.2) is 65.6 Å². The van der Waals surface area contributed by atoms with Gasteiger partial charge >= 0.3 is 6.18 Å². The molecule has 0 rings (SSSR count). The number of rotatable bonds is 12. The topological polar surface area (TPSA) is 62.9 Å². The average molecular weight is 275 g/mol. The van der Waals surface area contributed by atoms with Gasteiger partial charge in [-0.3, -0.25) is 0 Å². The Labute approximate surface area is 104 Å². The highest BCUT2D eigenvalue weighted by molar-refractivity contribution is 4.45. The smallest absolute Gasteiger partial charge is 0.378 e. The predicted octanol–water partition coefficient (Wildman–Crippen LogP) is 0.574. The summed E-state index contributed by atoms with van der Waals surface area (Å²) >= 11 is 0. The SMILES string of the molecule is NCCOCCOCCOCCOCC(F)(F)F. The van der Waals surface area contributed by atoms with Gasteiger partial charge in [0.15, 0.2) is 0 Å². The van der Waals surface area contributed by atoms with Crippen molar-refractivity contribution in [3.8, 4) is 0 Å². The number of hydrogen-bond acceptors (Lipinski definition) is 5. The van der Waals surface area contributed by atoms with Crippen molar-refractivity contribution in [1.29, 1.82) is 0 Å². The van der Waals surface area contributed by atoms with Gasteiger partial charge in [0.05, 0.1) is 46.2 Å². The second kappa shape index (κ2) is 11.7. The van der Waals surface area contributed by atoms with Crippen LogP contribution in [0.5, 0.6) is 0 Å². The molecule has 0 unspecified atom stereocenters. The summed E-state index contributed by atoms with van der Waals surface area (Å²) < 4.78 is 54.5. The van der Waals surface area contributed by atoms with Crippen molar-refractivity contribution in [2.45, 2.75) is 6.18 Å². The van der Waals surface area contributed by atoms with Crippen molar-refractivity contribution in [3.05, 3.63) is 0 Å². The maximum absolute atomic E-state index is 11.7. The number of ether oxygens (including phenoxy) is 4. The van der Waals surface area contributed by atoms with E-state index in [-0.39, 0.29) is 13.2 Å². The lowest BCUT2D eigenvalue weighted by Crippen LogP contribution is -2.19. The molecule has 0 saturated carbocycles. The molecular formula is C10H20F3NO4. The summed E-state index contributed by atoms with van der Waals surface area (Å²) in [6, 6.07) is 0. The Hall–Kier alpha value is -0.410. The number of hydrogen-bond donors (Lipinski definition) is 1. The second-order valence-electron chi connectivity index (χ2n) is 3.29. The molecule has 18 heavy (non-hydrogen) atoms. The Morgan fingerprint density at radius 2 is 1.06 bits per heavy atom. The van der Waals surface area contributed by atoms with Gasteiger partial charge in [-0.25, -0.2) is 0 Å². The zero-order chi connectivity index (χ0) is 13.7. The zero-order valence-electron chi connectivity index (χ0n) is 10.2. The van der Waals surface area contributed by atoms with E-state index in [2.05, 4.69) is 4.74 Å². The molecule has 0 aliphatic carbocycles. The van der Waals surface area contributed by atoms with Crippen LogP contribution in [0.2, 0.25) is 0 Å². The van der Waals surface area contributed by atoms with Crippen LogP contribution in [0, 0.1) is 0 Å². The van der Waals surface area contributed by atoms with Crippen molar-refractivity contribution in [1.82, 2.24) is 0 Å². The molecule has 0 heterocycles. The standard InChI is InChI=1S/C10H20F3NO4/c11-10(12,13)9-18-8-7-17-6-5-16-4-3-15-2-1-14/h1-9,14H2. The van der Waals surface area contributed by atoms with E-state index in [1.165, 1.54) is 0 Å². The molecule has 0 aliphatic heterocycles. The van der Waals surface area contributed by atoms with Crippen molar-refractivity contribution in [2.24, 2.45) is 5.73 Å². The molecule has 0 atom stereocenters. The van der Waals surface area contributed by atoms with Gasteiger partial charge in [0.1, 0.15) is 6.61 Å². The third kappa shape index (κ3) is 15.6. The fourth-order valence-electron chi connectivity index (χ4n) is 0.931. The lowest BCUT2D eigenvalue weighted by atomic mass is 10.6. The summed E-state index contributed by atoms with van der Waals surface area (Å²) in [4.78, 5) is 0. The molecule has 0 bridgehead atoms. The van der Waals surface area contributed by atoms with Crippen molar-refractivity contribution in [2.75, 3.05) is 59.4 Å². The maximum Gasteiger partial charge on any atom is 0.411 e. The van der Waals surface area contributed by atoms with Crippen molar-refractivity contribution in [3.63, 3.8) is 0 Å². The highest BCUT2D eigenvalue weighted by Crippen LogP contribution is 2.13. The minimum absolute atomic E-state index is 0.0842. The fraction of sp³-hybridized carbons (Fsp3) is 1.00. The highest BCUT2D eigenvalue weighted by atomic mass is 19.4. The molecule has 0 fully saturated rings. The van der Waals surface area contributed by atoms with Crippen molar-refractivity contribution >= 4 is 0 Å². The average Bonchev–Trinajstić information content (AvgIpc) is 2.29. The zero-order valence-corrected chi connectivity index (χ0v) is 10.2. The Morgan fingerprint density at radius 1 is 0.667 bits per heavy atom. The molecule has 0 aromatic heterocycles. The monoisotopic (exact) mass is 275 g/mol. The van der Waals surface area contributed by atoms with Gasteiger partial charge in [-0.2, -0.15) is 13.2 Å². The van der Waals surface area contributed by atoms with Crippen LogP contribution in [0.3, 0.4) is 0 Å². The van der Waals surface area contributed by atoms with Gasteiger partial charge in [0.2, 0.25) is 0 Å². The van der Waals surface area contributed by atoms with Crippen LogP contribution in [0.15, 0.2) is 0 Å². The first-order valence-corrected chi connectivity index (χ1v) is 5.64. The first kappa shape index (κ1) is 17.6. The van der Waals surface area contributed by atoms with Crippen LogP contribution in [0.4, 0.5) is 13.2 Å². The molecule has 0 saturated heterocycles. The highest BCUT2D eigenvalue weighted by Gasteiger charge is 2.27. The first-order chi connectivity index (χ1) is 8.56. The second-order valence-corrected chi connectivity index (χ2v) is 3.29. The summed E-state index contributed by atoms with van der Waals surface area (Å²) in [6.07, 6.45) is -4.29. The molecule has 2 N–H and O–H groups in total. The van der Waals surface area contributed by atoms with Gasteiger partial charge < -0.3 is 24.7 Å². The first-order valence-electron chi connectivity index (χ1n) is 5.64. The molecule has 8 heteroatoms. The van der Waals surface area contributed by atoms with Crippen LogP contribution in [-0.2, 0) is 18.9 Å². The lowest BCUT2D eigenvalue weighted by molar-refractivity contribution is -0.176. The molecule has 0 aliphatic rings. The van der Waals surface area contributed by atoms with E-state index in [4.69, 9.17) is 19.9 Å². The molecule has 0 spiro atoms. The summed E-state index contributed by atoms with van der Waals surface area (Å²) in [5.74, 6) is 0. The predicted molar refractivity (Wildman–Crippen MR) is 58.4 cm³/mol. The van der Waals surface area contributed by atoms with E-state index in [1.54, 1.807) is 0 Å². The molecule has 0 radical (unpaired) electrons. The van der Waals surface area contributed by atoms with Gasteiger partial charge in [0, 0.05) is 6.54 Å². The molecule has 0 aromatic rings. The van der Waals surface area contributed by atoms with Crippen molar-refractivity contribution < 1.29 is 32.1 Å². The van der Waals surface area contributed by atoms with Gasteiger partial charge in [0.25, 0.3) is 0 Å². The summed E-state index contributed by atoms with van der Waals surface area (Å²) in [5.41, 5.74) is 5.21. The molecule has 110 valence electrons. The van der Waals surface area contributed by atoms with E-state index in [9.17, 15) is 13.2 Å². The Kier molecular flexibility index (Phi) is 11.4. The minimum atomic E-state index is -4.29. The largest absolute Gasteiger partial charge is 0.411 e. The van der Waals surface area contributed by atoms with E-state index in [0.29, 0.717) is 39.6 Å².